The molecule has 0 aromatic heterocycles. The summed E-state index contributed by atoms with van der Waals surface area (Å²) in [4.78, 5) is 25.8. The van der Waals surface area contributed by atoms with Crippen molar-refractivity contribution in [3.63, 3.8) is 0 Å². The van der Waals surface area contributed by atoms with Crippen molar-refractivity contribution < 1.29 is 0 Å². The minimum atomic E-state index is 0.0449. The second-order valence-electron chi connectivity index (χ2n) is 8.38. The molecule has 0 amide bonds. The van der Waals surface area contributed by atoms with Crippen LogP contribution in [0.1, 0.15) is 0 Å². The molecule has 0 heterocycles. The van der Waals surface area contributed by atoms with Gasteiger partial charge in [0.25, 0.3) is 0 Å². The topological polar surface area (TPSA) is 34.1 Å². The standard InChI is InChI=1S/C28H12O2/c29-21-9-7-17-18-8-10-22(30)20-12-14-4-2-6-16-15-5-1-3-13-11-19(21)25(17)27(23(13)15)28(24(14)16)26(18)20/h1-12H. The Morgan fingerprint density at radius 3 is 1.27 bits per heavy atom. The Kier molecular flexibility index (Phi) is 2.27. The Labute approximate surface area is 168 Å². The summed E-state index contributed by atoms with van der Waals surface area (Å²) in [6.45, 7) is 0. The van der Waals surface area contributed by atoms with Crippen LogP contribution in [-0.2, 0) is 0 Å². The molecule has 0 fully saturated rings. The van der Waals surface area contributed by atoms with Crippen LogP contribution in [0.4, 0.5) is 0 Å². The third kappa shape index (κ3) is 1.43. The van der Waals surface area contributed by atoms with E-state index in [-0.39, 0.29) is 10.9 Å². The van der Waals surface area contributed by atoms with Gasteiger partial charge in [-0.1, -0.05) is 36.4 Å². The zero-order chi connectivity index (χ0) is 19.7. The Morgan fingerprint density at radius 2 is 0.800 bits per heavy atom. The van der Waals surface area contributed by atoms with E-state index in [1.165, 1.54) is 21.5 Å². The molecule has 0 saturated carbocycles. The summed E-state index contributed by atoms with van der Waals surface area (Å²) in [7, 11) is 0. The third-order valence-corrected chi connectivity index (χ3v) is 7.03. The van der Waals surface area contributed by atoms with Crippen molar-refractivity contribution in [2.24, 2.45) is 0 Å². The predicted molar refractivity (Wildman–Crippen MR) is 126 cm³/mol. The summed E-state index contributed by atoms with van der Waals surface area (Å²) in [6, 6.07) is 23.9. The highest BCUT2D eigenvalue weighted by atomic mass is 16.1. The van der Waals surface area contributed by atoms with Gasteiger partial charge in [0, 0.05) is 32.3 Å². The molecule has 30 heavy (non-hydrogen) atoms. The largest absolute Gasteiger partial charge is 0.289 e. The van der Waals surface area contributed by atoms with Crippen LogP contribution in [0.5, 0.6) is 0 Å². The van der Waals surface area contributed by atoms with Crippen molar-refractivity contribution in [2.45, 2.75) is 0 Å². The van der Waals surface area contributed by atoms with E-state index in [2.05, 4.69) is 36.4 Å². The monoisotopic (exact) mass is 380 g/mol. The summed E-state index contributed by atoms with van der Waals surface area (Å²) >= 11 is 0. The lowest BCUT2D eigenvalue weighted by molar-refractivity contribution is 1.69. The molecular weight excluding hydrogens is 368 g/mol. The first kappa shape index (κ1) is 14.9. The van der Waals surface area contributed by atoms with E-state index in [0.29, 0.717) is 0 Å². The molecule has 0 N–H and O–H groups in total. The second kappa shape index (κ2) is 4.58. The van der Waals surface area contributed by atoms with Crippen molar-refractivity contribution in [2.75, 3.05) is 0 Å². The summed E-state index contributed by atoms with van der Waals surface area (Å²) < 4.78 is 0. The van der Waals surface area contributed by atoms with Gasteiger partial charge in [-0.2, -0.15) is 0 Å². The Balaban J connectivity index is 2.00. The molecule has 0 radical (unpaired) electrons. The van der Waals surface area contributed by atoms with Crippen LogP contribution in [0.15, 0.2) is 82.4 Å². The maximum atomic E-state index is 12.9. The van der Waals surface area contributed by atoms with Gasteiger partial charge in [0.15, 0.2) is 10.9 Å². The first-order valence-corrected chi connectivity index (χ1v) is 10.1. The molecule has 8 aromatic rings. The molecule has 8 aromatic carbocycles. The lowest BCUT2D eigenvalue weighted by Gasteiger charge is -2.21. The van der Waals surface area contributed by atoms with Gasteiger partial charge in [-0.05, 0) is 79.5 Å². The Morgan fingerprint density at radius 1 is 0.367 bits per heavy atom. The zero-order valence-corrected chi connectivity index (χ0v) is 15.7. The second-order valence-corrected chi connectivity index (χ2v) is 8.38. The smallest absolute Gasteiger partial charge is 0.186 e. The van der Waals surface area contributed by atoms with Crippen LogP contribution >= 0.6 is 0 Å². The van der Waals surface area contributed by atoms with Crippen molar-refractivity contribution >= 4 is 75.4 Å². The lowest BCUT2D eigenvalue weighted by Crippen LogP contribution is -2.04. The van der Waals surface area contributed by atoms with E-state index >= 15 is 0 Å². The average Bonchev–Trinajstić information content (AvgIpc) is 2.77. The molecule has 0 unspecified atom stereocenters. The van der Waals surface area contributed by atoms with Crippen LogP contribution in [-0.4, -0.2) is 0 Å². The van der Waals surface area contributed by atoms with Gasteiger partial charge < -0.3 is 0 Å². The van der Waals surface area contributed by atoms with Gasteiger partial charge in [-0.3, -0.25) is 9.59 Å². The molecule has 2 nitrogen and oxygen atoms in total. The number of hydrogen-bond donors (Lipinski definition) is 0. The van der Waals surface area contributed by atoms with Gasteiger partial charge in [0.05, 0.1) is 0 Å². The fourth-order valence-corrected chi connectivity index (χ4v) is 5.92. The first-order chi connectivity index (χ1) is 14.7. The summed E-state index contributed by atoms with van der Waals surface area (Å²) in [5.41, 5.74) is 0.0898. The first-order valence-electron chi connectivity index (χ1n) is 10.1. The molecule has 0 aliphatic heterocycles. The molecule has 2 heteroatoms. The minimum absolute atomic E-state index is 0.0449. The zero-order valence-electron chi connectivity index (χ0n) is 15.7. The third-order valence-electron chi connectivity index (χ3n) is 7.03. The van der Waals surface area contributed by atoms with Crippen LogP contribution < -0.4 is 10.9 Å². The number of hydrogen-bond acceptors (Lipinski definition) is 2. The maximum absolute atomic E-state index is 12.9. The van der Waals surface area contributed by atoms with E-state index in [1.807, 2.05) is 24.3 Å². The van der Waals surface area contributed by atoms with Crippen molar-refractivity contribution in [1.29, 1.82) is 0 Å². The summed E-state index contributed by atoms with van der Waals surface area (Å²) in [6.07, 6.45) is 0. The fourth-order valence-electron chi connectivity index (χ4n) is 5.92. The molecule has 136 valence electrons. The Bertz CT molecular complexity index is 1930. The number of fused-ring (bicyclic) bond motifs is 2. The van der Waals surface area contributed by atoms with Gasteiger partial charge in [0.2, 0.25) is 0 Å². The van der Waals surface area contributed by atoms with Gasteiger partial charge in [-0.15, -0.1) is 0 Å². The van der Waals surface area contributed by atoms with Gasteiger partial charge in [0.1, 0.15) is 0 Å². The van der Waals surface area contributed by atoms with Gasteiger partial charge in [-0.25, -0.2) is 0 Å². The van der Waals surface area contributed by atoms with Crippen LogP contribution in [0.2, 0.25) is 0 Å². The van der Waals surface area contributed by atoms with E-state index in [9.17, 15) is 9.59 Å². The molecule has 0 saturated heterocycles. The van der Waals surface area contributed by atoms with Gasteiger partial charge >= 0.3 is 0 Å². The molecular formula is C28H12O2. The van der Waals surface area contributed by atoms with Crippen molar-refractivity contribution in [3.8, 4) is 0 Å². The summed E-state index contributed by atoms with van der Waals surface area (Å²) in [5, 5.41) is 14.8. The molecule has 8 rings (SSSR count). The highest BCUT2D eigenvalue weighted by molar-refractivity contribution is 6.48. The molecule has 0 bridgehead atoms. The van der Waals surface area contributed by atoms with E-state index in [0.717, 1.165) is 53.9 Å². The number of benzene rings is 8. The van der Waals surface area contributed by atoms with Crippen molar-refractivity contribution in [1.82, 2.24) is 0 Å². The van der Waals surface area contributed by atoms with Crippen LogP contribution in [0.25, 0.3) is 75.4 Å². The predicted octanol–water partition coefficient (Wildman–Crippen LogP) is 6.23. The molecule has 0 atom stereocenters. The highest BCUT2D eigenvalue weighted by Crippen LogP contribution is 2.49. The number of rotatable bonds is 0. The fraction of sp³-hybridized carbons (Fsp3) is 0. The van der Waals surface area contributed by atoms with E-state index in [1.54, 1.807) is 12.1 Å². The highest BCUT2D eigenvalue weighted by Gasteiger charge is 2.23. The lowest BCUT2D eigenvalue weighted by atomic mass is 9.81. The molecule has 0 aliphatic carbocycles. The quantitative estimate of drug-likeness (QED) is 0.231. The summed E-state index contributed by atoms with van der Waals surface area (Å²) in [5.74, 6) is 0. The Hall–Kier alpha value is -4.04. The SMILES string of the molecule is O=c1ccc2c3ccc(=O)c4cc5cccc6c7cccc8cc1c2c(c87)c(c56)c43. The van der Waals surface area contributed by atoms with Crippen LogP contribution in [0, 0.1) is 0 Å². The minimum Gasteiger partial charge on any atom is -0.289 e. The van der Waals surface area contributed by atoms with E-state index < -0.39 is 0 Å². The average molecular weight is 380 g/mol. The van der Waals surface area contributed by atoms with E-state index in [4.69, 9.17) is 0 Å². The normalized spacial score (nSPS) is 12.9. The van der Waals surface area contributed by atoms with Crippen LogP contribution in [0.3, 0.4) is 0 Å². The molecule has 0 spiro atoms. The molecule has 0 aliphatic rings. The van der Waals surface area contributed by atoms with Crippen molar-refractivity contribution in [3.05, 3.63) is 93.2 Å². The maximum Gasteiger partial charge on any atom is 0.186 e.